The average molecular weight is 289 g/mol. The molecule has 0 aliphatic heterocycles. The molecule has 1 aliphatic rings. The molecule has 0 heterocycles. The van der Waals surface area contributed by atoms with Crippen molar-refractivity contribution in [2.24, 2.45) is 11.8 Å². The van der Waals surface area contributed by atoms with Crippen LogP contribution in [-0.4, -0.2) is 35.5 Å². The molecule has 21 heavy (non-hydrogen) atoms. The summed E-state index contributed by atoms with van der Waals surface area (Å²) in [5.74, 6) is 0.185. The molecular formula is C17H23NO3. The van der Waals surface area contributed by atoms with Gasteiger partial charge in [-0.25, -0.2) is 0 Å². The molecule has 1 aliphatic carbocycles. The van der Waals surface area contributed by atoms with Gasteiger partial charge in [-0.1, -0.05) is 37.3 Å². The quantitative estimate of drug-likeness (QED) is 0.875. The first kappa shape index (κ1) is 15.5. The van der Waals surface area contributed by atoms with Gasteiger partial charge in [-0.3, -0.25) is 9.59 Å². The van der Waals surface area contributed by atoms with Gasteiger partial charge < -0.3 is 10.0 Å². The van der Waals surface area contributed by atoms with Gasteiger partial charge in [0.05, 0.1) is 5.41 Å². The maximum absolute atomic E-state index is 12.4. The van der Waals surface area contributed by atoms with E-state index < -0.39 is 11.4 Å². The number of carbonyl (C=O) groups excluding carboxylic acids is 1. The summed E-state index contributed by atoms with van der Waals surface area (Å²) in [4.78, 5) is 25.7. The van der Waals surface area contributed by atoms with E-state index in [4.69, 9.17) is 0 Å². The van der Waals surface area contributed by atoms with Crippen LogP contribution in [0, 0.1) is 11.8 Å². The second kappa shape index (κ2) is 5.88. The summed E-state index contributed by atoms with van der Waals surface area (Å²) < 4.78 is 0. The highest BCUT2D eigenvalue weighted by molar-refractivity contribution is 5.89. The molecule has 0 bridgehead atoms. The Bertz CT molecular complexity index is 528. The largest absolute Gasteiger partial charge is 0.481 e. The second-order valence-corrected chi connectivity index (χ2v) is 6.43. The summed E-state index contributed by atoms with van der Waals surface area (Å²) >= 11 is 0. The van der Waals surface area contributed by atoms with Crippen LogP contribution >= 0.6 is 0 Å². The lowest BCUT2D eigenvalue weighted by atomic mass is 9.79. The van der Waals surface area contributed by atoms with Gasteiger partial charge in [-0.2, -0.15) is 0 Å². The van der Waals surface area contributed by atoms with Crippen molar-refractivity contribution in [3.63, 3.8) is 0 Å². The Kier molecular flexibility index (Phi) is 4.35. The Morgan fingerprint density at radius 2 is 1.90 bits per heavy atom. The highest BCUT2D eigenvalue weighted by Crippen LogP contribution is 2.38. The summed E-state index contributed by atoms with van der Waals surface area (Å²) in [6, 6.07) is 8.98. The summed E-state index contributed by atoms with van der Waals surface area (Å²) in [7, 11) is 1.76. The summed E-state index contributed by atoms with van der Waals surface area (Å²) in [5.41, 5.74) is -0.513. The molecule has 0 aromatic heterocycles. The monoisotopic (exact) mass is 289 g/mol. The van der Waals surface area contributed by atoms with Crippen LogP contribution in [0.25, 0.3) is 0 Å². The van der Waals surface area contributed by atoms with Crippen molar-refractivity contribution in [3.05, 3.63) is 35.9 Å². The molecule has 3 unspecified atom stereocenters. The number of rotatable bonds is 6. The molecule has 114 valence electrons. The average Bonchev–Trinajstić information content (AvgIpc) is 3.14. The van der Waals surface area contributed by atoms with E-state index in [0.717, 1.165) is 13.0 Å². The fourth-order valence-electron chi connectivity index (χ4n) is 2.65. The number of nitrogens with zero attached hydrogens (tertiary/aromatic N) is 1. The highest BCUT2D eigenvalue weighted by Gasteiger charge is 2.40. The van der Waals surface area contributed by atoms with Crippen LogP contribution in [0.15, 0.2) is 30.3 Å². The topological polar surface area (TPSA) is 57.6 Å². The number of carboxylic acids is 1. The van der Waals surface area contributed by atoms with Gasteiger partial charge in [0, 0.05) is 20.0 Å². The Labute approximate surface area is 125 Å². The third kappa shape index (κ3) is 3.43. The van der Waals surface area contributed by atoms with Gasteiger partial charge in [0.2, 0.25) is 5.91 Å². The zero-order chi connectivity index (χ0) is 15.6. The van der Waals surface area contributed by atoms with Crippen LogP contribution in [0.1, 0.15) is 32.3 Å². The fraction of sp³-hybridized carbons (Fsp3) is 0.529. The van der Waals surface area contributed by atoms with Crippen LogP contribution in [0.4, 0.5) is 0 Å². The van der Waals surface area contributed by atoms with Crippen molar-refractivity contribution in [3.8, 4) is 0 Å². The van der Waals surface area contributed by atoms with E-state index in [9.17, 15) is 14.7 Å². The smallest absolute Gasteiger partial charge is 0.314 e. The van der Waals surface area contributed by atoms with Gasteiger partial charge in [0.25, 0.3) is 0 Å². The molecule has 4 heteroatoms. The van der Waals surface area contributed by atoms with Crippen LogP contribution in [0.5, 0.6) is 0 Å². The van der Waals surface area contributed by atoms with Gasteiger partial charge in [-0.15, -0.1) is 0 Å². The Hall–Kier alpha value is -1.84. The lowest BCUT2D eigenvalue weighted by Crippen LogP contribution is -2.40. The number of hydrogen-bond acceptors (Lipinski definition) is 2. The molecule has 1 N–H and O–H groups in total. The Morgan fingerprint density at radius 3 is 2.38 bits per heavy atom. The van der Waals surface area contributed by atoms with E-state index in [-0.39, 0.29) is 12.3 Å². The molecule has 2 rings (SSSR count). The Morgan fingerprint density at radius 1 is 1.33 bits per heavy atom. The van der Waals surface area contributed by atoms with E-state index in [1.54, 1.807) is 43.1 Å². The first-order valence-electron chi connectivity index (χ1n) is 7.37. The van der Waals surface area contributed by atoms with Crippen molar-refractivity contribution < 1.29 is 14.7 Å². The fourth-order valence-corrected chi connectivity index (χ4v) is 2.65. The van der Waals surface area contributed by atoms with Gasteiger partial charge in [-0.05, 0) is 30.7 Å². The summed E-state index contributed by atoms with van der Waals surface area (Å²) in [6.45, 7) is 4.52. The minimum atomic E-state index is -1.18. The third-order valence-corrected chi connectivity index (χ3v) is 4.60. The molecule has 0 radical (unpaired) electrons. The predicted molar refractivity (Wildman–Crippen MR) is 81.0 cm³/mol. The Balaban J connectivity index is 2.09. The summed E-state index contributed by atoms with van der Waals surface area (Å²) in [5, 5.41) is 9.58. The van der Waals surface area contributed by atoms with Gasteiger partial charge in [0.15, 0.2) is 0 Å². The highest BCUT2D eigenvalue weighted by atomic mass is 16.4. The van der Waals surface area contributed by atoms with Crippen molar-refractivity contribution in [2.45, 2.75) is 32.1 Å². The van der Waals surface area contributed by atoms with Crippen LogP contribution in [0.3, 0.4) is 0 Å². The van der Waals surface area contributed by atoms with Crippen molar-refractivity contribution in [2.75, 3.05) is 13.6 Å². The predicted octanol–water partition coefficient (Wildman–Crippen LogP) is 2.53. The van der Waals surface area contributed by atoms with Crippen molar-refractivity contribution >= 4 is 11.9 Å². The number of carbonyl (C=O) groups is 2. The SMILES string of the molecule is CC1CC1CN(C)C(=O)CC(C)(C(=O)O)c1ccccc1. The van der Waals surface area contributed by atoms with Crippen molar-refractivity contribution in [1.82, 2.24) is 4.90 Å². The molecule has 3 atom stereocenters. The van der Waals surface area contributed by atoms with Crippen LogP contribution in [-0.2, 0) is 15.0 Å². The van der Waals surface area contributed by atoms with E-state index >= 15 is 0 Å². The maximum Gasteiger partial charge on any atom is 0.314 e. The summed E-state index contributed by atoms with van der Waals surface area (Å²) in [6.07, 6.45) is 1.15. The van der Waals surface area contributed by atoms with Crippen LogP contribution in [0.2, 0.25) is 0 Å². The molecule has 1 amide bonds. The minimum Gasteiger partial charge on any atom is -0.481 e. The number of hydrogen-bond donors (Lipinski definition) is 1. The maximum atomic E-state index is 12.4. The second-order valence-electron chi connectivity index (χ2n) is 6.43. The molecule has 1 aromatic carbocycles. The van der Waals surface area contributed by atoms with E-state index in [1.165, 1.54) is 0 Å². The standard InChI is InChI=1S/C17H23NO3/c1-12-9-13(12)11-18(3)15(19)10-17(2,16(20)21)14-7-5-4-6-8-14/h4-8,12-13H,9-11H2,1-3H3,(H,20,21). The van der Waals surface area contributed by atoms with Crippen molar-refractivity contribution in [1.29, 1.82) is 0 Å². The van der Waals surface area contributed by atoms with E-state index in [0.29, 0.717) is 17.4 Å². The first-order valence-corrected chi connectivity index (χ1v) is 7.37. The zero-order valence-electron chi connectivity index (χ0n) is 12.9. The number of benzene rings is 1. The third-order valence-electron chi connectivity index (χ3n) is 4.60. The number of aliphatic carboxylic acids is 1. The van der Waals surface area contributed by atoms with E-state index in [1.807, 2.05) is 6.07 Å². The normalized spacial score (nSPS) is 23.2. The number of amides is 1. The van der Waals surface area contributed by atoms with Gasteiger partial charge >= 0.3 is 5.97 Å². The molecule has 1 saturated carbocycles. The lowest BCUT2D eigenvalue weighted by Gasteiger charge is -2.27. The molecule has 4 nitrogen and oxygen atoms in total. The lowest BCUT2D eigenvalue weighted by molar-refractivity contribution is -0.147. The molecule has 0 saturated heterocycles. The molecular weight excluding hydrogens is 266 g/mol. The zero-order valence-corrected chi connectivity index (χ0v) is 12.9. The van der Waals surface area contributed by atoms with Gasteiger partial charge in [0.1, 0.15) is 0 Å². The first-order chi connectivity index (χ1) is 9.84. The van der Waals surface area contributed by atoms with E-state index in [2.05, 4.69) is 6.92 Å². The molecule has 0 spiro atoms. The number of carboxylic acid groups (broad SMARTS) is 1. The minimum absolute atomic E-state index is 0.00997. The molecule has 1 fully saturated rings. The van der Waals surface area contributed by atoms with Crippen LogP contribution < -0.4 is 0 Å². The molecule has 1 aromatic rings.